The second-order valence-corrected chi connectivity index (χ2v) is 5.55. The summed E-state index contributed by atoms with van der Waals surface area (Å²) < 4.78 is 5.09. The van der Waals surface area contributed by atoms with Crippen LogP contribution < -0.4 is 0 Å². The van der Waals surface area contributed by atoms with E-state index in [4.69, 9.17) is 10.00 Å². The molecule has 0 radical (unpaired) electrons. The van der Waals surface area contributed by atoms with Gasteiger partial charge in [-0.2, -0.15) is 5.26 Å². The lowest BCUT2D eigenvalue weighted by atomic mass is 9.93. The molecule has 1 aromatic carbocycles. The molecule has 0 aliphatic carbocycles. The van der Waals surface area contributed by atoms with Crippen LogP contribution in [0.2, 0.25) is 0 Å². The van der Waals surface area contributed by atoms with Gasteiger partial charge in [0, 0.05) is 26.8 Å². The molecule has 1 saturated heterocycles. The van der Waals surface area contributed by atoms with Crippen molar-refractivity contribution in [1.29, 1.82) is 5.26 Å². The van der Waals surface area contributed by atoms with Crippen LogP contribution in [0, 0.1) is 17.2 Å². The number of methoxy groups -OCH3 is 1. The van der Waals surface area contributed by atoms with E-state index in [1.54, 1.807) is 25.3 Å². The Balaban J connectivity index is 2.00. The van der Waals surface area contributed by atoms with Crippen molar-refractivity contribution in [2.45, 2.75) is 25.7 Å². The van der Waals surface area contributed by atoms with E-state index in [1.165, 1.54) is 6.42 Å². The Kier molecular flexibility index (Phi) is 5.77. The quantitative estimate of drug-likeness (QED) is 0.782. The van der Waals surface area contributed by atoms with E-state index in [1.807, 2.05) is 11.0 Å². The van der Waals surface area contributed by atoms with Crippen LogP contribution in [-0.4, -0.2) is 37.6 Å². The van der Waals surface area contributed by atoms with Crippen LogP contribution in [0.25, 0.3) is 0 Å². The number of nitriles is 1. The third kappa shape index (κ3) is 4.05. The van der Waals surface area contributed by atoms with Crippen molar-refractivity contribution in [3.8, 4) is 6.07 Å². The minimum Gasteiger partial charge on any atom is -0.385 e. The molecular formula is C17H22N2O2. The molecule has 1 aliphatic rings. The highest BCUT2D eigenvalue weighted by atomic mass is 16.5. The Morgan fingerprint density at radius 2 is 2.29 bits per heavy atom. The maximum atomic E-state index is 12.6. The first-order valence-electron chi connectivity index (χ1n) is 7.53. The van der Waals surface area contributed by atoms with Gasteiger partial charge < -0.3 is 9.64 Å². The van der Waals surface area contributed by atoms with Crippen LogP contribution in [0.3, 0.4) is 0 Å². The van der Waals surface area contributed by atoms with E-state index in [0.717, 1.165) is 39.0 Å². The monoisotopic (exact) mass is 286 g/mol. The lowest BCUT2D eigenvalue weighted by Crippen LogP contribution is -2.40. The van der Waals surface area contributed by atoms with Crippen molar-refractivity contribution in [2.24, 2.45) is 5.92 Å². The molecule has 112 valence electrons. The van der Waals surface area contributed by atoms with Gasteiger partial charge in [0.1, 0.15) is 0 Å². The summed E-state index contributed by atoms with van der Waals surface area (Å²) in [4.78, 5) is 14.5. The summed E-state index contributed by atoms with van der Waals surface area (Å²) in [7, 11) is 1.72. The second-order valence-electron chi connectivity index (χ2n) is 5.55. The maximum absolute atomic E-state index is 12.6. The minimum atomic E-state index is -0.0106. The van der Waals surface area contributed by atoms with Gasteiger partial charge in [-0.1, -0.05) is 12.1 Å². The van der Waals surface area contributed by atoms with E-state index in [-0.39, 0.29) is 5.91 Å². The summed E-state index contributed by atoms with van der Waals surface area (Å²) in [6, 6.07) is 9.16. The third-order valence-electron chi connectivity index (χ3n) is 4.04. The smallest absolute Gasteiger partial charge is 0.255 e. The molecular weight excluding hydrogens is 264 g/mol. The van der Waals surface area contributed by atoms with Crippen LogP contribution in [0.4, 0.5) is 0 Å². The van der Waals surface area contributed by atoms with Gasteiger partial charge >= 0.3 is 0 Å². The zero-order chi connectivity index (χ0) is 15.1. The molecule has 0 N–H and O–H groups in total. The SMILES string of the molecule is COCCCC1CCCN(C(=O)c2ccccc2C#N)C1. The summed E-state index contributed by atoms with van der Waals surface area (Å²) in [6.07, 6.45) is 4.35. The lowest BCUT2D eigenvalue weighted by Gasteiger charge is -2.33. The van der Waals surface area contributed by atoms with Gasteiger partial charge in [0.2, 0.25) is 0 Å². The van der Waals surface area contributed by atoms with Crippen LogP contribution >= 0.6 is 0 Å². The van der Waals surface area contributed by atoms with Crippen molar-refractivity contribution in [1.82, 2.24) is 4.90 Å². The lowest BCUT2D eigenvalue weighted by molar-refractivity contribution is 0.0660. The topological polar surface area (TPSA) is 53.3 Å². The van der Waals surface area contributed by atoms with E-state index in [2.05, 4.69) is 6.07 Å². The number of benzene rings is 1. The molecule has 4 heteroatoms. The molecule has 1 unspecified atom stereocenters. The zero-order valence-electron chi connectivity index (χ0n) is 12.5. The van der Waals surface area contributed by atoms with Gasteiger partial charge in [-0.15, -0.1) is 0 Å². The van der Waals surface area contributed by atoms with E-state index in [0.29, 0.717) is 17.0 Å². The molecule has 0 bridgehead atoms. The van der Waals surface area contributed by atoms with Gasteiger partial charge in [0.05, 0.1) is 17.2 Å². The molecule has 1 amide bonds. The minimum absolute atomic E-state index is 0.0106. The van der Waals surface area contributed by atoms with Gasteiger partial charge in [0.25, 0.3) is 5.91 Å². The fourth-order valence-electron chi connectivity index (χ4n) is 2.94. The fourth-order valence-corrected chi connectivity index (χ4v) is 2.94. The number of rotatable bonds is 5. The zero-order valence-corrected chi connectivity index (χ0v) is 12.5. The first kappa shape index (κ1) is 15.5. The molecule has 0 aromatic heterocycles. The van der Waals surface area contributed by atoms with Crippen molar-refractivity contribution < 1.29 is 9.53 Å². The molecule has 2 rings (SSSR count). The van der Waals surface area contributed by atoms with Crippen LogP contribution in [0.1, 0.15) is 41.6 Å². The van der Waals surface area contributed by atoms with Crippen LogP contribution in [0.15, 0.2) is 24.3 Å². The van der Waals surface area contributed by atoms with Gasteiger partial charge in [-0.05, 0) is 43.7 Å². The summed E-state index contributed by atoms with van der Waals surface area (Å²) in [5.41, 5.74) is 0.988. The summed E-state index contributed by atoms with van der Waals surface area (Å²) in [5, 5.41) is 9.13. The van der Waals surface area contributed by atoms with Gasteiger partial charge in [-0.25, -0.2) is 0 Å². The predicted octanol–water partition coefficient (Wildman–Crippen LogP) is 2.84. The van der Waals surface area contributed by atoms with Crippen molar-refractivity contribution in [3.63, 3.8) is 0 Å². The predicted molar refractivity (Wildman–Crippen MR) is 80.9 cm³/mol. The average Bonchev–Trinajstić information content (AvgIpc) is 2.54. The first-order valence-corrected chi connectivity index (χ1v) is 7.53. The number of likely N-dealkylation sites (tertiary alicyclic amines) is 1. The molecule has 0 spiro atoms. The number of carbonyl (C=O) groups excluding carboxylic acids is 1. The Morgan fingerprint density at radius 3 is 3.05 bits per heavy atom. The van der Waals surface area contributed by atoms with E-state index in [9.17, 15) is 4.79 Å². The van der Waals surface area contributed by atoms with Gasteiger partial charge in [-0.3, -0.25) is 4.79 Å². The maximum Gasteiger partial charge on any atom is 0.255 e. The number of nitrogens with zero attached hydrogens (tertiary/aromatic N) is 2. The Labute approximate surface area is 126 Å². The van der Waals surface area contributed by atoms with Crippen molar-refractivity contribution in [3.05, 3.63) is 35.4 Å². The average molecular weight is 286 g/mol. The molecule has 1 atom stereocenters. The summed E-state index contributed by atoms with van der Waals surface area (Å²) >= 11 is 0. The highest BCUT2D eigenvalue weighted by Crippen LogP contribution is 2.23. The number of amides is 1. The first-order chi connectivity index (χ1) is 10.3. The highest BCUT2D eigenvalue weighted by Gasteiger charge is 2.25. The molecule has 21 heavy (non-hydrogen) atoms. The second kappa shape index (κ2) is 7.80. The number of carbonyl (C=O) groups is 1. The summed E-state index contributed by atoms with van der Waals surface area (Å²) in [6.45, 7) is 2.36. The van der Waals surface area contributed by atoms with Crippen molar-refractivity contribution in [2.75, 3.05) is 26.8 Å². The van der Waals surface area contributed by atoms with Crippen LogP contribution in [-0.2, 0) is 4.74 Å². The molecule has 1 heterocycles. The van der Waals surface area contributed by atoms with Crippen molar-refractivity contribution >= 4 is 5.91 Å². The Hall–Kier alpha value is -1.86. The highest BCUT2D eigenvalue weighted by molar-refractivity contribution is 5.96. The normalized spacial score (nSPS) is 18.3. The third-order valence-corrected chi connectivity index (χ3v) is 4.04. The molecule has 0 saturated carbocycles. The molecule has 1 aliphatic heterocycles. The molecule has 1 aromatic rings. The number of hydrogen-bond acceptors (Lipinski definition) is 3. The molecule has 1 fully saturated rings. The standard InChI is InChI=1S/C17H22N2O2/c1-21-11-5-7-14-6-4-10-19(13-14)17(20)16-9-3-2-8-15(16)12-18/h2-3,8-9,14H,4-7,10-11,13H2,1H3. The number of hydrogen-bond donors (Lipinski definition) is 0. The largest absolute Gasteiger partial charge is 0.385 e. The molecule has 4 nitrogen and oxygen atoms in total. The van der Waals surface area contributed by atoms with E-state index < -0.39 is 0 Å². The Morgan fingerprint density at radius 1 is 1.48 bits per heavy atom. The summed E-state index contributed by atoms with van der Waals surface area (Å²) in [5.74, 6) is 0.538. The van der Waals surface area contributed by atoms with E-state index >= 15 is 0 Å². The Bertz CT molecular complexity index is 522. The van der Waals surface area contributed by atoms with Crippen LogP contribution in [0.5, 0.6) is 0 Å². The number of piperidine rings is 1. The van der Waals surface area contributed by atoms with Gasteiger partial charge in [0.15, 0.2) is 0 Å². The fraction of sp³-hybridized carbons (Fsp3) is 0.529. The number of ether oxygens (including phenoxy) is 1.